The topological polar surface area (TPSA) is 9.23 Å². The maximum absolute atomic E-state index is 5.92. The maximum atomic E-state index is 5.92. The number of fused-ring (bicyclic) bond motifs is 1. The molecule has 3 atom stereocenters. The van der Waals surface area contributed by atoms with Crippen molar-refractivity contribution in [2.45, 2.75) is 57.3 Å². The molecule has 0 radical (unpaired) electrons. The van der Waals surface area contributed by atoms with Gasteiger partial charge in [0.2, 0.25) is 0 Å². The number of rotatable bonds is 0. The minimum Gasteiger partial charge on any atom is -0.494 e. The lowest BCUT2D eigenvalue weighted by Crippen LogP contribution is -2.25. The molecule has 1 heterocycles. The van der Waals surface area contributed by atoms with E-state index in [2.05, 4.69) is 20.8 Å². The zero-order chi connectivity index (χ0) is 10.3. The molecule has 0 aromatic rings. The summed E-state index contributed by atoms with van der Waals surface area (Å²) >= 11 is 4.73. The zero-order valence-corrected chi connectivity index (χ0v) is 10.2. The fourth-order valence-corrected chi connectivity index (χ4v) is 3.10. The Bertz CT molecular complexity index is 267. The summed E-state index contributed by atoms with van der Waals surface area (Å²) in [5, 5.41) is 0. The van der Waals surface area contributed by atoms with Crippen molar-refractivity contribution in [3.05, 3.63) is 11.3 Å². The van der Waals surface area contributed by atoms with Crippen LogP contribution in [-0.4, -0.2) is 10.9 Å². The number of hydrogen-bond acceptors (Lipinski definition) is 2. The molecular formula is C12H20OS. The first-order valence-corrected chi connectivity index (χ1v) is 6.01. The van der Waals surface area contributed by atoms with Gasteiger partial charge < -0.3 is 4.74 Å². The summed E-state index contributed by atoms with van der Waals surface area (Å²) in [5.41, 5.74) is 1.47. The molecule has 2 unspecified atom stereocenters. The van der Waals surface area contributed by atoms with Crippen molar-refractivity contribution in [2.75, 3.05) is 0 Å². The highest BCUT2D eigenvalue weighted by Crippen LogP contribution is 2.43. The third-order valence-corrected chi connectivity index (χ3v) is 4.17. The van der Waals surface area contributed by atoms with Crippen LogP contribution < -0.4 is 0 Å². The quantitative estimate of drug-likeness (QED) is 0.604. The number of hydrogen-bond donors (Lipinski definition) is 1. The Morgan fingerprint density at radius 1 is 1.43 bits per heavy atom. The summed E-state index contributed by atoms with van der Waals surface area (Å²) in [6.45, 7) is 6.56. The van der Waals surface area contributed by atoms with E-state index in [0.29, 0.717) is 12.0 Å². The van der Waals surface area contributed by atoms with Crippen molar-refractivity contribution in [3.63, 3.8) is 0 Å². The van der Waals surface area contributed by atoms with Gasteiger partial charge in [0, 0.05) is 10.7 Å². The van der Waals surface area contributed by atoms with Crippen molar-refractivity contribution in [2.24, 2.45) is 5.92 Å². The van der Waals surface area contributed by atoms with Gasteiger partial charge in [0.1, 0.15) is 6.10 Å². The highest BCUT2D eigenvalue weighted by molar-refractivity contribution is 7.81. The van der Waals surface area contributed by atoms with Crippen molar-refractivity contribution < 1.29 is 4.74 Å². The van der Waals surface area contributed by atoms with Gasteiger partial charge in [-0.2, -0.15) is 12.6 Å². The molecule has 0 N–H and O–H groups in total. The molecule has 14 heavy (non-hydrogen) atoms. The summed E-state index contributed by atoms with van der Waals surface area (Å²) < 4.78 is 6.09. The minimum absolute atomic E-state index is 0.171. The summed E-state index contributed by atoms with van der Waals surface area (Å²) in [6, 6.07) is 0. The second-order valence-corrected chi connectivity index (χ2v) is 6.17. The number of ether oxygens (including phenoxy) is 1. The van der Waals surface area contributed by atoms with Crippen LogP contribution in [0.25, 0.3) is 0 Å². The van der Waals surface area contributed by atoms with E-state index < -0.39 is 0 Å². The highest BCUT2D eigenvalue weighted by atomic mass is 32.1. The summed E-state index contributed by atoms with van der Waals surface area (Å²) in [5.74, 6) is 1.83. The van der Waals surface area contributed by atoms with Crippen LogP contribution in [0, 0.1) is 5.92 Å². The van der Waals surface area contributed by atoms with Crippen molar-refractivity contribution in [1.82, 2.24) is 0 Å². The molecule has 2 heteroatoms. The predicted octanol–water partition coefficient (Wildman–Crippen LogP) is 3.56. The fourth-order valence-electron chi connectivity index (χ4n) is 2.77. The Balaban J connectivity index is 2.16. The SMILES string of the molecule is CC1=C(C)C2CCC[C@@](C)(S)CC2O1. The predicted molar refractivity (Wildman–Crippen MR) is 62.6 cm³/mol. The zero-order valence-electron chi connectivity index (χ0n) is 9.34. The van der Waals surface area contributed by atoms with E-state index in [0.717, 1.165) is 12.2 Å². The van der Waals surface area contributed by atoms with Crippen LogP contribution >= 0.6 is 12.6 Å². The Morgan fingerprint density at radius 3 is 2.86 bits per heavy atom. The molecule has 0 aromatic carbocycles. The molecule has 1 nitrogen and oxygen atoms in total. The van der Waals surface area contributed by atoms with Crippen molar-refractivity contribution in [3.8, 4) is 0 Å². The molecule has 0 amide bonds. The highest BCUT2D eigenvalue weighted by Gasteiger charge is 2.39. The third-order valence-electron chi connectivity index (χ3n) is 3.76. The first-order chi connectivity index (χ1) is 6.49. The maximum Gasteiger partial charge on any atom is 0.106 e. The summed E-state index contributed by atoms with van der Waals surface area (Å²) in [7, 11) is 0. The van der Waals surface area contributed by atoms with E-state index in [-0.39, 0.29) is 4.75 Å². The van der Waals surface area contributed by atoms with E-state index in [1.54, 1.807) is 0 Å². The largest absolute Gasteiger partial charge is 0.494 e. The first kappa shape index (κ1) is 10.4. The molecule has 0 aromatic heterocycles. The molecule has 0 saturated heterocycles. The molecule has 1 saturated carbocycles. The molecule has 1 aliphatic carbocycles. The van der Waals surface area contributed by atoms with E-state index in [4.69, 9.17) is 17.4 Å². The summed E-state index contributed by atoms with van der Waals surface area (Å²) in [4.78, 5) is 0. The van der Waals surface area contributed by atoms with Crippen LogP contribution in [0.3, 0.4) is 0 Å². The van der Waals surface area contributed by atoms with Crippen LogP contribution in [0.15, 0.2) is 11.3 Å². The minimum atomic E-state index is 0.171. The Kier molecular flexibility index (Phi) is 2.59. The monoisotopic (exact) mass is 212 g/mol. The van der Waals surface area contributed by atoms with Crippen LogP contribution in [-0.2, 0) is 4.74 Å². The molecule has 80 valence electrons. The van der Waals surface area contributed by atoms with Gasteiger partial charge in [-0.25, -0.2) is 0 Å². The average Bonchev–Trinajstić information content (AvgIpc) is 2.28. The Morgan fingerprint density at radius 2 is 2.14 bits per heavy atom. The lowest BCUT2D eigenvalue weighted by atomic mass is 9.91. The van der Waals surface area contributed by atoms with Gasteiger partial charge in [0.15, 0.2) is 0 Å². The van der Waals surface area contributed by atoms with Gasteiger partial charge in [0.25, 0.3) is 0 Å². The van der Waals surface area contributed by atoms with E-state index in [1.165, 1.54) is 24.8 Å². The lowest BCUT2D eigenvalue weighted by molar-refractivity contribution is 0.101. The average molecular weight is 212 g/mol. The Labute approximate surface area is 92.3 Å². The number of thiol groups is 1. The van der Waals surface area contributed by atoms with Crippen LogP contribution in [0.5, 0.6) is 0 Å². The first-order valence-electron chi connectivity index (χ1n) is 5.56. The standard InChI is InChI=1S/C12H20OS/c1-8-9(2)13-11-7-12(3,14)6-4-5-10(8)11/h10-11,14H,4-7H2,1-3H3/t10?,11?,12-/m1/s1. The lowest BCUT2D eigenvalue weighted by Gasteiger charge is -2.25. The van der Waals surface area contributed by atoms with Crippen LogP contribution in [0.4, 0.5) is 0 Å². The normalized spacial score (nSPS) is 43.1. The van der Waals surface area contributed by atoms with Gasteiger partial charge in [-0.3, -0.25) is 0 Å². The fraction of sp³-hybridized carbons (Fsp3) is 0.833. The smallest absolute Gasteiger partial charge is 0.106 e. The molecule has 1 aliphatic heterocycles. The Hall–Kier alpha value is -0.110. The number of allylic oxidation sites excluding steroid dienone is 1. The van der Waals surface area contributed by atoms with E-state index in [9.17, 15) is 0 Å². The molecule has 0 bridgehead atoms. The van der Waals surface area contributed by atoms with Gasteiger partial charge in [-0.05, 0) is 38.7 Å². The molecular weight excluding hydrogens is 192 g/mol. The van der Waals surface area contributed by atoms with Gasteiger partial charge in [-0.1, -0.05) is 13.3 Å². The second-order valence-electron chi connectivity index (χ2n) is 5.10. The third kappa shape index (κ3) is 1.81. The van der Waals surface area contributed by atoms with Crippen molar-refractivity contribution in [1.29, 1.82) is 0 Å². The van der Waals surface area contributed by atoms with E-state index >= 15 is 0 Å². The van der Waals surface area contributed by atoms with E-state index in [1.807, 2.05) is 0 Å². The molecule has 0 spiro atoms. The summed E-state index contributed by atoms with van der Waals surface area (Å²) in [6.07, 6.45) is 5.29. The molecule has 1 fully saturated rings. The van der Waals surface area contributed by atoms with Crippen molar-refractivity contribution >= 4 is 12.6 Å². The van der Waals surface area contributed by atoms with Gasteiger partial charge >= 0.3 is 0 Å². The second kappa shape index (κ2) is 3.48. The molecule has 2 rings (SSSR count). The van der Waals surface area contributed by atoms with Gasteiger partial charge in [0.05, 0.1) is 5.76 Å². The molecule has 2 aliphatic rings. The van der Waals surface area contributed by atoms with Gasteiger partial charge in [-0.15, -0.1) is 0 Å². The van der Waals surface area contributed by atoms with Crippen LogP contribution in [0.1, 0.15) is 46.5 Å². The van der Waals surface area contributed by atoms with Crippen LogP contribution in [0.2, 0.25) is 0 Å².